The highest BCUT2D eigenvalue weighted by atomic mass is 19.4. The maximum atomic E-state index is 13.1. The highest BCUT2D eigenvalue weighted by Crippen LogP contribution is 2.34. The van der Waals surface area contributed by atoms with E-state index in [2.05, 4.69) is 4.99 Å². The molecular formula is C12H11F6N3O. The van der Waals surface area contributed by atoms with Crippen LogP contribution in [0.15, 0.2) is 23.2 Å². The Balaban J connectivity index is 2.31. The maximum absolute atomic E-state index is 13.1. The number of nitrogens with zero attached hydrogens (tertiary/aromatic N) is 2. The monoisotopic (exact) mass is 327 g/mol. The molecule has 0 radical (unpaired) electrons. The summed E-state index contributed by atoms with van der Waals surface area (Å²) in [7, 11) is 0. The van der Waals surface area contributed by atoms with Crippen LogP contribution in [0.5, 0.6) is 0 Å². The average Bonchev–Trinajstić information content (AvgIpc) is 2.76. The molecule has 2 rings (SSSR count). The molecule has 1 fully saturated rings. The summed E-state index contributed by atoms with van der Waals surface area (Å²) in [6.07, 6.45) is -5.38. The zero-order valence-electron chi connectivity index (χ0n) is 11.0. The minimum atomic E-state index is -4.91. The number of halogens is 6. The molecule has 0 bridgehead atoms. The Kier molecular flexibility index (Phi) is 4.23. The summed E-state index contributed by atoms with van der Waals surface area (Å²) in [5, 5.41) is 8.94. The minimum Gasteiger partial charge on any atom is -0.335 e. The topological polar surface area (TPSA) is 47.9 Å². The Bertz CT molecular complexity index is 587. The van der Waals surface area contributed by atoms with E-state index in [-0.39, 0.29) is 12.2 Å². The number of hydrogen-bond acceptors (Lipinski definition) is 2. The van der Waals surface area contributed by atoms with Crippen molar-refractivity contribution in [3.05, 3.63) is 29.6 Å². The molecule has 1 saturated heterocycles. The van der Waals surface area contributed by atoms with E-state index in [1.807, 2.05) is 0 Å². The van der Waals surface area contributed by atoms with E-state index in [0.717, 1.165) is 11.0 Å². The number of aliphatic imine (C=N–C) groups is 1. The summed E-state index contributed by atoms with van der Waals surface area (Å²) < 4.78 is 77.1. The molecule has 0 unspecified atom stereocenters. The van der Waals surface area contributed by atoms with Crippen LogP contribution in [0, 0.1) is 5.82 Å². The third kappa shape index (κ3) is 3.62. The lowest BCUT2D eigenvalue weighted by Crippen LogP contribution is -2.39. The molecule has 1 aliphatic heterocycles. The predicted octanol–water partition coefficient (Wildman–Crippen LogP) is 3.15. The van der Waals surface area contributed by atoms with E-state index >= 15 is 0 Å². The first kappa shape index (κ1) is 16.4. The number of hydrogen-bond donors (Lipinski definition) is 2. The zero-order valence-corrected chi connectivity index (χ0v) is 11.0. The van der Waals surface area contributed by atoms with Gasteiger partial charge >= 0.3 is 6.18 Å². The van der Waals surface area contributed by atoms with E-state index in [0.29, 0.717) is 12.1 Å². The molecule has 0 saturated carbocycles. The van der Waals surface area contributed by atoms with Crippen molar-refractivity contribution in [1.29, 1.82) is 0 Å². The molecule has 0 aliphatic carbocycles. The molecule has 0 aromatic heterocycles. The Hall–Kier alpha value is -1.97. The number of hydroxylamine groups is 1. The first-order chi connectivity index (χ1) is 10.1. The molecule has 122 valence electrons. The SMILES string of the molecule is ONC(=Nc1ccc(F)c(C(F)(F)F)c1)N1CCC(F)(F)C1. The molecule has 4 nitrogen and oxygen atoms in total. The van der Waals surface area contributed by atoms with Gasteiger partial charge in [-0.25, -0.2) is 23.6 Å². The van der Waals surface area contributed by atoms with Gasteiger partial charge in [0, 0.05) is 13.0 Å². The number of benzene rings is 1. The Labute approximate surface area is 121 Å². The van der Waals surface area contributed by atoms with Gasteiger partial charge in [0.1, 0.15) is 5.82 Å². The fourth-order valence-corrected chi connectivity index (χ4v) is 2.01. The van der Waals surface area contributed by atoms with Gasteiger partial charge in [-0.15, -0.1) is 0 Å². The molecule has 1 aromatic rings. The molecule has 2 N–H and O–H groups in total. The predicted molar refractivity (Wildman–Crippen MR) is 64.6 cm³/mol. The van der Waals surface area contributed by atoms with E-state index < -0.39 is 42.4 Å². The summed E-state index contributed by atoms with van der Waals surface area (Å²) in [6, 6.07) is 1.94. The number of nitrogens with one attached hydrogen (secondary N) is 1. The lowest BCUT2D eigenvalue weighted by Gasteiger charge is -2.19. The first-order valence-corrected chi connectivity index (χ1v) is 6.11. The van der Waals surface area contributed by atoms with Crippen LogP contribution in [0.4, 0.5) is 32.0 Å². The van der Waals surface area contributed by atoms with Gasteiger partial charge < -0.3 is 4.90 Å². The third-order valence-corrected chi connectivity index (χ3v) is 3.06. The van der Waals surface area contributed by atoms with Gasteiger partial charge in [-0.2, -0.15) is 13.2 Å². The van der Waals surface area contributed by atoms with Crippen LogP contribution in [0.2, 0.25) is 0 Å². The number of guanidine groups is 1. The molecule has 22 heavy (non-hydrogen) atoms. The fraction of sp³-hybridized carbons (Fsp3) is 0.417. The van der Waals surface area contributed by atoms with Crippen LogP contribution in [0.25, 0.3) is 0 Å². The number of alkyl halides is 5. The van der Waals surface area contributed by atoms with E-state index in [4.69, 9.17) is 5.21 Å². The van der Waals surface area contributed by atoms with Crippen LogP contribution in [0.1, 0.15) is 12.0 Å². The van der Waals surface area contributed by atoms with Gasteiger partial charge in [-0.05, 0) is 18.2 Å². The number of likely N-dealkylation sites (tertiary alicyclic amines) is 1. The first-order valence-electron chi connectivity index (χ1n) is 6.11. The molecule has 0 atom stereocenters. The summed E-state index contributed by atoms with van der Waals surface area (Å²) in [5.74, 6) is -4.88. The zero-order chi connectivity index (χ0) is 16.5. The van der Waals surface area contributed by atoms with E-state index in [9.17, 15) is 26.3 Å². The van der Waals surface area contributed by atoms with Crippen molar-refractivity contribution < 1.29 is 31.5 Å². The molecule has 10 heteroatoms. The second kappa shape index (κ2) is 5.67. The normalized spacial score (nSPS) is 18.7. The van der Waals surface area contributed by atoms with Crippen molar-refractivity contribution in [2.45, 2.75) is 18.5 Å². The standard InChI is InChI=1S/C12H11F6N3O/c13-9-2-1-7(5-8(9)12(16,17)18)19-10(20-22)21-4-3-11(14,15)6-21/h1-2,5,22H,3-4,6H2,(H,19,20). The summed E-state index contributed by atoms with van der Waals surface area (Å²) >= 11 is 0. The smallest absolute Gasteiger partial charge is 0.335 e. The molecule has 0 spiro atoms. The fourth-order valence-electron chi connectivity index (χ4n) is 2.01. The summed E-state index contributed by atoms with van der Waals surface area (Å²) in [5.41, 5.74) is -0.292. The van der Waals surface area contributed by atoms with Crippen molar-refractivity contribution in [1.82, 2.24) is 10.4 Å². The second-order valence-electron chi connectivity index (χ2n) is 4.74. The lowest BCUT2D eigenvalue weighted by atomic mass is 10.2. The van der Waals surface area contributed by atoms with Crippen molar-refractivity contribution in [3.63, 3.8) is 0 Å². The van der Waals surface area contributed by atoms with Crippen LogP contribution < -0.4 is 5.48 Å². The maximum Gasteiger partial charge on any atom is 0.419 e. The van der Waals surface area contributed by atoms with Crippen molar-refractivity contribution in [2.75, 3.05) is 13.1 Å². The van der Waals surface area contributed by atoms with Crippen LogP contribution in [-0.4, -0.2) is 35.1 Å². The van der Waals surface area contributed by atoms with Gasteiger partial charge in [-0.1, -0.05) is 0 Å². The molecule has 1 heterocycles. The highest BCUT2D eigenvalue weighted by Gasteiger charge is 2.39. The minimum absolute atomic E-state index is 0.132. The van der Waals surface area contributed by atoms with E-state index in [1.54, 1.807) is 5.48 Å². The second-order valence-corrected chi connectivity index (χ2v) is 4.74. The van der Waals surface area contributed by atoms with Gasteiger partial charge in [-0.3, -0.25) is 5.21 Å². The summed E-state index contributed by atoms with van der Waals surface area (Å²) in [4.78, 5) is 4.60. The molecular weight excluding hydrogens is 316 g/mol. The Morgan fingerprint density at radius 2 is 2.00 bits per heavy atom. The van der Waals surface area contributed by atoms with Crippen molar-refractivity contribution in [2.24, 2.45) is 4.99 Å². The molecule has 1 aliphatic rings. The quantitative estimate of drug-likeness (QED) is 0.361. The van der Waals surface area contributed by atoms with Gasteiger partial charge in [0.2, 0.25) is 5.96 Å². The largest absolute Gasteiger partial charge is 0.419 e. The molecule has 0 amide bonds. The van der Waals surface area contributed by atoms with Crippen molar-refractivity contribution >= 4 is 11.6 Å². The van der Waals surface area contributed by atoms with Gasteiger partial charge in [0.25, 0.3) is 5.92 Å². The van der Waals surface area contributed by atoms with Crippen LogP contribution in [0.3, 0.4) is 0 Å². The van der Waals surface area contributed by atoms with E-state index in [1.165, 1.54) is 0 Å². The third-order valence-electron chi connectivity index (χ3n) is 3.06. The lowest BCUT2D eigenvalue weighted by molar-refractivity contribution is -0.139. The number of rotatable bonds is 1. The van der Waals surface area contributed by atoms with Crippen molar-refractivity contribution in [3.8, 4) is 0 Å². The summed E-state index contributed by atoms with van der Waals surface area (Å²) in [6.45, 7) is -0.862. The highest BCUT2D eigenvalue weighted by molar-refractivity contribution is 5.82. The van der Waals surface area contributed by atoms with Gasteiger partial charge in [0.05, 0.1) is 17.8 Å². The Morgan fingerprint density at radius 3 is 2.50 bits per heavy atom. The Morgan fingerprint density at radius 1 is 1.32 bits per heavy atom. The van der Waals surface area contributed by atoms with Crippen LogP contribution in [-0.2, 0) is 6.18 Å². The molecule has 1 aromatic carbocycles. The van der Waals surface area contributed by atoms with Gasteiger partial charge in [0.15, 0.2) is 0 Å². The average molecular weight is 327 g/mol. The van der Waals surface area contributed by atoms with Crippen LogP contribution >= 0.6 is 0 Å².